The molecule has 5 heteroatoms. The molecule has 0 saturated heterocycles. The molecule has 0 saturated carbocycles. The van der Waals surface area contributed by atoms with Crippen LogP contribution >= 0.6 is 15.9 Å². The van der Waals surface area contributed by atoms with E-state index in [2.05, 4.69) is 40.3 Å². The Morgan fingerprint density at radius 3 is 2.56 bits per heavy atom. The van der Waals surface area contributed by atoms with Crippen molar-refractivity contribution in [2.75, 3.05) is 19.8 Å². The summed E-state index contributed by atoms with van der Waals surface area (Å²) in [6.07, 6.45) is 0.744. The van der Waals surface area contributed by atoms with E-state index in [1.807, 2.05) is 31.2 Å². The average molecular weight is 408 g/mol. The van der Waals surface area contributed by atoms with E-state index in [1.54, 1.807) is 0 Å². The first-order valence-corrected chi connectivity index (χ1v) is 9.39. The van der Waals surface area contributed by atoms with Crippen molar-refractivity contribution in [1.82, 2.24) is 5.32 Å². The normalized spacial score (nSPS) is 10.7. The highest BCUT2D eigenvalue weighted by Gasteiger charge is 2.11. The first-order valence-electron chi connectivity index (χ1n) is 8.59. The summed E-state index contributed by atoms with van der Waals surface area (Å²) in [6, 6.07) is 12.2. The third-order valence-electron chi connectivity index (χ3n) is 3.88. The van der Waals surface area contributed by atoms with Gasteiger partial charge in [-0.25, -0.2) is 0 Å². The van der Waals surface area contributed by atoms with E-state index in [-0.39, 0.29) is 6.61 Å². The molecule has 2 N–H and O–H groups in total. The first-order chi connectivity index (χ1) is 12.2. The SMILES string of the molecule is CCOc1cc(CNCCCO)c(Br)cc1OCc1ccccc1C. The van der Waals surface area contributed by atoms with E-state index >= 15 is 0 Å². The lowest BCUT2D eigenvalue weighted by molar-refractivity contribution is 0.268. The van der Waals surface area contributed by atoms with Gasteiger partial charge < -0.3 is 19.9 Å². The Bertz CT molecular complexity index is 676. The molecule has 0 spiro atoms. The maximum Gasteiger partial charge on any atom is 0.162 e. The van der Waals surface area contributed by atoms with Crippen molar-refractivity contribution >= 4 is 15.9 Å². The van der Waals surface area contributed by atoms with Gasteiger partial charge in [0.15, 0.2) is 11.5 Å². The fourth-order valence-electron chi connectivity index (χ4n) is 2.45. The minimum absolute atomic E-state index is 0.198. The third-order valence-corrected chi connectivity index (χ3v) is 4.62. The predicted molar refractivity (Wildman–Crippen MR) is 104 cm³/mol. The van der Waals surface area contributed by atoms with Crippen molar-refractivity contribution in [2.24, 2.45) is 0 Å². The number of halogens is 1. The largest absolute Gasteiger partial charge is 0.490 e. The molecule has 4 nitrogen and oxygen atoms in total. The Kier molecular flexibility index (Phi) is 8.25. The maximum absolute atomic E-state index is 8.86. The van der Waals surface area contributed by atoms with Crippen LogP contribution in [-0.2, 0) is 13.2 Å². The number of ether oxygens (including phenoxy) is 2. The van der Waals surface area contributed by atoms with Crippen LogP contribution in [0.2, 0.25) is 0 Å². The fraction of sp³-hybridized carbons (Fsp3) is 0.400. The van der Waals surface area contributed by atoms with Crippen LogP contribution in [0.15, 0.2) is 40.9 Å². The molecule has 0 aliphatic heterocycles. The zero-order valence-electron chi connectivity index (χ0n) is 14.8. The third kappa shape index (κ3) is 6.03. The van der Waals surface area contributed by atoms with E-state index in [9.17, 15) is 0 Å². The molecule has 0 aliphatic rings. The van der Waals surface area contributed by atoms with Crippen molar-refractivity contribution in [3.8, 4) is 11.5 Å². The molecule has 0 heterocycles. The van der Waals surface area contributed by atoms with Gasteiger partial charge in [-0.1, -0.05) is 40.2 Å². The molecule has 0 bridgehead atoms. The second-order valence-electron chi connectivity index (χ2n) is 5.79. The summed E-state index contributed by atoms with van der Waals surface area (Å²) >= 11 is 3.62. The summed E-state index contributed by atoms with van der Waals surface area (Å²) in [6.45, 7) is 6.82. The molecule has 0 unspecified atom stereocenters. The molecule has 0 aromatic heterocycles. The van der Waals surface area contributed by atoms with Crippen molar-refractivity contribution in [3.05, 3.63) is 57.6 Å². The molecule has 0 atom stereocenters. The zero-order valence-corrected chi connectivity index (χ0v) is 16.4. The maximum atomic E-state index is 8.86. The lowest BCUT2D eigenvalue weighted by atomic mass is 10.1. The number of aryl methyl sites for hydroxylation is 1. The molecular formula is C20H26BrNO3. The monoisotopic (exact) mass is 407 g/mol. The van der Waals surface area contributed by atoms with Crippen molar-refractivity contribution in [1.29, 1.82) is 0 Å². The number of hydrogen-bond acceptors (Lipinski definition) is 4. The van der Waals surface area contributed by atoms with Crippen LogP contribution in [0, 0.1) is 6.92 Å². The second-order valence-corrected chi connectivity index (χ2v) is 6.65. The molecule has 0 aliphatic carbocycles. The van der Waals surface area contributed by atoms with Gasteiger partial charge in [0.05, 0.1) is 6.61 Å². The second kappa shape index (κ2) is 10.4. The van der Waals surface area contributed by atoms with Gasteiger partial charge in [-0.15, -0.1) is 0 Å². The van der Waals surface area contributed by atoms with Gasteiger partial charge in [0.1, 0.15) is 6.61 Å². The predicted octanol–water partition coefficient (Wildman–Crippen LogP) is 4.21. The summed E-state index contributed by atoms with van der Waals surface area (Å²) in [7, 11) is 0. The molecular weight excluding hydrogens is 382 g/mol. The Hall–Kier alpha value is -1.56. The summed E-state index contributed by atoms with van der Waals surface area (Å²) in [5, 5.41) is 12.2. The molecule has 0 fully saturated rings. The number of aliphatic hydroxyl groups is 1. The molecule has 136 valence electrons. The van der Waals surface area contributed by atoms with Crippen LogP contribution in [0.3, 0.4) is 0 Å². The van der Waals surface area contributed by atoms with Crippen molar-refractivity contribution < 1.29 is 14.6 Å². The van der Waals surface area contributed by atoms with Gasteiger partial charge in [-0.05, 0) is 55.6 Å². The Morgan fingerprint density at radius 1 is 1.08 bits per heavy atom. The standard InChI is InChI=1S/C20H26BrNO3/c1-3-24-19-11-17(13-22-9-6-10-23)18(21)12-20(19)25-14-16-8-5-4-7-15(16)2/h4-5,7-8,11-12,22-23H,3,6,9-10,13-14H2,1-2H3. The fourth-order valence-corrected chi connectivity index (χ4v) is 2.91. The number of benzene rings is 2. The lowest BCUT2D eigenvalue weighted by Gasteiger charge is -2.16. The molecule has 25 heavy (non-hydrogen) atoms. The number of rotatable bonds is 10. The van der Waals surface area contributed by atoms with Crippen molar-refractivity contribution in [3.63, 3.8) is 0 Å². The molecule has 2 aromatic rings. The highest BCUT2D eigenvalue weighted by atomic mass is 79.9. The minimum Gasteiger partial charge on any atom is -0.490 e. The number of aliphatic hydroxyl groups excluding tert-OH is 1. The summed E-state index contributed by atoms with van der Waals surface area (Å²) in [5.74, 6) is 1.48. The Balaban J connectivity index is 2.11. The van der Waals surface area contributed by atoms with E-state index in [4.69, 9.17) is 14.6 Å². The van der Waals surface area contributed by atoms with E-state index in [1.165, 1.54) is 5.56 Å². The van der Waals surface area contributed by atoms with Gasteiger partial charge >= 0.3 is 0 Å². The van der Waals surface area contributed by atoms with Gasteiger partial charge in [-0.3, -0.25) is 0 Å². The quantitative estimate of drug-likeness (QED) is 0.579. The van der Waals surface area contributed by atoms with Gasteiger partial charge in [0, 0.05) is 17.6 Å². The topological polar surface area (TPSA) is 50.7 Å². The Morgan fingerprint density at radius 2 is 1.84 bits per heavy atom. The smallest absolute Gasteiger partial charge is 0.162 e. The summed E-state index contributed by atoms with van der Waals surface area (Å²) in [4.78, 5) is 0. The average Bonchev–Trinajstić information content (AvgIpc) is 2.61. The van der Waals surface area contributed by atoms with Crippen LogP contribution in [0.4, 0.5) is 0 Å². The van der Waals surface area contributed by atoms with Gasteiger partial charge in [0.2, 0.25) is 0 Å². The van der Waals surface area contributed by atoms with Crippen LogP contribution < -0.4 is 14.8 Å². The van der Waals surface area contributed by atoms with E-state index < -0.39 is 0 Å². The highest BCUT2D eigenvalue weighted by molar-refractivity contribution is 9.10. The summed E-state index contributed by atoms with van der Waals surface area (Å²) < 4.78 is 12.8. The summed E-state index contributed by atoms with van der Waals surface area (Å²) in [5.41, 5.74) is 3.48. The van der Waals surface area contributed by atoms with Crippen LogP contribution in [-0.4, -0.2) is 24.9 Å². The lowest BCUT2D eigenvalue weighted by Crippen LogP contribution is -2.16. The molecule has 0 amide bonds. The molecule has 2 rings (SSSR count). The van der Waals surface area contributed by atoms with Gasteiger partial charge in [-0.2, -0.15) is 0 Å². The zero-order chi connectivity index (χ0) is 18.1. The number of hydrogen-bond donors (Lipinski definition) is 2. The number of nitrogens with one attached hydrogen (secondary N) is 1. The Labute approximate surface area is 158 Å². The van der Waals surface area contributed by atoms with E-state index in [0.717, 1.165) is 40.1 Å². The van der Waals surface area contributed by atoms with E-state index in [0.29, 0.717) is 19.8 Å². The molecule has 2 aromatic carbocycles. The van der Waals surface area contributed by atoms with Crippen LogP contribution in [0.1, 0.15) is 30.0 Å². The van der Waals surface area contributed by atoms with Gasteiger partial charge in [0.25, 0.3) is 0 Å². The van der Waals surface area contributed by atoms with Crippen molar-refractivity contribution in [2.45, 2.75) is 33.4 Å². The molecule has 0 radical (unpaired) electrons. The van der Waals surface area contributed by atoms with Crippen LogP contribution in [0.25, 0.3) is 0 Å². The highest BCUT2D eigenvalue weighted by Crippen LogP contribution is 2.34. The first kappa shape index (κ1) is 19.8. The van der Waals surface area contributed by atoms with Crippen LogP contribution in [0.5, 0.6) is 11.5 Å². The minimum atomic E-state index is 0.198.